The van der Waals surface area contributed by atoms with E-state index < -0.39 is 0 Å². The molecule has 0 fully saturated rings. The van der Waals surface area contributed by atoms with Crippen LogP contribution in [0.1, 0.15) is 28.6 Å². The number of aryl methyl sites for hydroxylation is 2. The normalized spacial score (nSPS) is 12.7. The molecule has 2 heterocycles. The quantitative estimate of drug-likeness (QED) is 0.609. The summed E-state index contributed by atoms with van der Waals surface area (Å²) < 4.78 is 1.89. The molecule has 0 radical (unpaired) electrons. The zero-order chi connectivity index (χ0) is 13.1. The van der Waals surface area contributed by atoms with E-state index in [1.165, 1.54) is 11.9 Å². The van der Waals surface area contributed by atoms with Crippen molar-refractivity contribution >= 4 is 0 Å². The summed E-state index contributed by atoms with van der Waals surface area (Å²) in [4.78, 5) is 8.04. The number of hydrazine groups is 1. The van der Waals surface area contributed by atoms with Crippen LogP contribution in [0.15, 0.2) is 18.7 Å². The van der Waals surface area contributed by atoms with Crippen molar-refractivity contribution in [3.63, 3.8) is 0 Å². The van der Waals surface area contributed by atoms with Crippen LogP contribution in [-0.2, 0) is 13.5 Å². The van der Waals surface area contributed by atoms with Crippen molar-refractivity contribution in [2.45, 2.75) is 26.3 Å². The smallest absolute Gasteiger partial charge is 0.115 e. The van der Waals surface area contributed by atoms with Crippen LogP contribution in [0.5, 0.6) is 0 Å². The Kier molecular flexibility index (Phi) is 3.69. The van der Waals surface area contributed by atoms with Gasteiger partial charge in [-0.25, -0.2) is 9.97 Å². The van der Waals surface area contributed by atoms with Gasteiger partial charge in [0, 0.05) is 30.7 Å². The molecule has 2 aromatic rings. The number of hydrogen-bond acceptors (Lipinski definition) is 5. The molecule has 6 nitrogen and oxygen atoms in total. The second-order valence-electron chi connectivity index (χ2n) is 4.37. The molecule has 6 heteroatoms. The monoisotopic (exact) mass is 246 g/mol. The van der Waals surface area contributed by atoms with Gasteiger partial charge in [-0.05, 0) is 25.8 Å². The summed E-state index contributed by atoms with van der Waals surface area (Å²) in [6.07, 6.45) is 5.84. The summed E-state index contributed by atoms with van der Waals surface area (Å²) in [5, 5.41) is 4.41. The van der Waals surface area contributed by atoms with E-state index in [4.69, 9.17) is 5.84 Å². The van der Waals surface area contributed by atoms with E-state index in [0.717, 1.165) is 23.4 Å². The molecule has 3 N–H and O–H groups in total. The lowest BCUT2D eigenvalue weighted by Crippen LogP contribution is -2.30. The van der Waals surface area contributed by atoms with E-state index in [1.807, 2.05) is 18.7 Å². The Hall–Kier alpha value is -1.79. The molecule has 1 atom stereocenters. The third-order valence-corrected chi connectivity index (χ3v) is 3.25. The highest BCUT2D eigenvalue weighted by Crippen LogP contribution is 2.20. The highest BCUT2D eigenvalue weighted by Gasteiger charge is 2.16. The SMILES string of the molecule is Cc1nn(C)c(C)c1CC(NN)c1cncnc1. The molecule has 2 rings (SSSR count). The first-order valence-corrected chi connectivity index (χ1v) is 5.83. The Labute approximate surface area is 106 Å². The van der Waals surface area contributed by atoms with Crippen LogP contribution in [0, 0.1) is 13.8 Å². The van der Waals surface area contributed by atoms with Crippen LogP contribution >= 0.6 is 0 Å². The summed E-state index contributed by atoms with van der Waals surface area (Å²) in [7, 11) is 1.95. The summed E-state index contributed by atoms with van der Waals surface area (Å²) >= 11 is 0. The lowest BCUT2D eigenvalue weighted by Gasteiger charge is -2.15. The Balaban J connectivity index is 2.26. The van der Waals surface area contributed by atoms with Crippen LogP contribution in [0.3, 0.4) is 0 Å². The maximum atomic E-state index is 5.63. The highest BCUT2D eigenvalue weighted by molar-refractivity contribution is 5.27. The van der Waals surface area contributed by atoms with Gasteiger partial charge in [0.05, 0.1) is 11.7 Å². The summed E-state index contributed by atoms with van der Waals surface area (Å²) in [6, 6.07) is -0.00667. The number of nitrogens with one attached hydrogen (secondary N) is 1. The fourth-order valence-electron chi connectivity index (χ4n) is 2.08. The zero-order valence-electron chi connectivity index (χ0n) is 10.9. The molecular weight excluding hydrogens is 228 g/mol. The molecule has 0 aromatic carbocycles. The minimum absolute atomic E-state index is 0.00667. The molecular formula is C12H18N6. The van der Waals surface area contributed by atoms with Crippen LogP contribution in [0.25, 0.3) is 0 Å². The molecule has 0 aliphatic rings. The predicted octanol–water partition coefficient (Wildman–Crippen LogP) is 0.574. The number of aromatic nitrogens is 4. The molecule has 0 saturated heterocycles. The second-order valence-corrected chi connectivity index (χ2v) is 4.37. The van der Waals surface area contributed by atoms with Gasteiger partial charge >= 0.3 is 0 Å². The molecule has 1 unspecified atom stereocenters. The van der Waals surface area contributed by atoms with Crippen molar-refractivity contribution in [3.8, 4) is 0 Å². The average molecular weight is 246 g/mol. The standard InChI is InChI=1S/C12H18N6/c1-8-11(9(2)18(3)17-8)4-12(16-13)10-5-14-7-15-6-10/h5-7,12,16H,4,13H2,1-3H3. The number of hydrogen-bond donors (Lipinski definition) is 2. The van der Waals surface area contributed by atoms with Crippen LogP contribution in [0.2, 0.25) is 0 Å². The van der Waals surface area contributed by atoms with Crippen molar-refractivity contribution in [2.75, 3.05) is 0 Å². The molecule has 0 aliphatic heterocycles. The maximum Gasteiger partial charge on any atom is 0.115 e. The fourth-order valence-corrected chi connectivity index (χ4v) is 2.08. The summed E-state index contributed by atoms with van der Waals surface area (Å²) in [5.74, 6) is 5.63. The van der Waals surface area contributed by atoms with Gasteiger partial charge in [0.25, 0.3) is 0 Å². The first-order valence-electron chi connectivity index (χ1n) is 5.83. The molecule has 96 valence electrons. The Morgan fingerprint density at radius 1 is 1.33 bits per heavy atom. The maximum absolute atomic E-state index is 5.63. The molecule has 0 amide bonds. The molecule has 0 spiro atoms. The van der Waals surface area contributed by atoms with E-state index in [1.54, 1.807) is 12.4 Å². The predicted molar refractivity (Wildman–Crippen MR) is 68.5 cm³/mol. The van der Waals surface area contributed by atoms with Gasteiger partial charge in [0.2, 0.25) is 0 Å². The number of rotatable bonds is 4. The molecule has 0 saturated carbocycles. The fraction of sp³-hybridized carbons (Fsp3) is 0.417. The lowest BCUT2D eigenvalue weighted by molar-refractivity contribution is 0.545. The van der Waals surface area contributed by atoms with Crippen molar-refractivity contribution in [3.05, 3.63) is 41.2 Å². The third-order valence-electron chi connectivity index (χ3n) is 3.25. The van der Waals surface area contributed by atoms with Gasteiger partial charge in [-0.2, -0.15) is 5.10 Å². The topological polar surface area (TPSA) is 81.7 Å². The minimum Gasteiger partial charge on any atom is -0.272 e. The second kappa shape index (κ2) is 5.24. The van der Waals surface area contributed by atoms with E-state index in [9.17, 15) is 0 Å². The molecule has 2 aromatic heterocycles. The first kappa shape index (κ1) is 12.7. The summed E-state index contributed by atoms with van der Waals surface area (Å²) in [5.41, 5.74) is 7.19. The van der Waals surface area contributed by atoms with E-state index >= 15 is 0 Å². The van der Waals surface area contributed by atoms with Gasteiger partial charge in [0.15, 0.2) is 0 Å². The number of nitrogens with zero attached hydrogens (tertiary/aromatic N) is 4. The lowest BCUT2D eigenvalue weighted by atomic mass is 10.0. The van der Waals surface area contributed by atoms with Crippen LogP contribution < -0.4 is 11.3 Å². The summed E-state index contributed by atoms with van der Waals surface area (Å²) in [6.45, 7) is 4.07. The van der Waals surface area contributed by atoms with E-state index in [0.29, 0.717) is 0 Å². The van der Waals surface area contributed by atoms with Gasteiger partial charge in [-0.3, -0.25) is 16.0 Å². The first-order chi connectivity index (χ1) is 8.63. The van der Waals surface area contributed by atoms with Crippen molar-refractivity contribution in [2.24, 2.45) is 12.9 Å². The Morgan fingerprint density at radius 3 is 2.50 bits per heavy atom. The highest BCUT2D eigenvalue weighted by atomic mass is 15.3. The Morgan fingerprint density at radius 2 is 2.00 bits per heavy atom. The van der Waals surface area contributed by atoms with Gasteiger partial charge < -0.3 is 0 Å². The molecule has 0 aliphatic carbocycles. The van der Waals surface area contributed by atoms with E-state index in [2.05, 4.69) is 27.4 Å². The largest absolute Gasteiger partial charge is 0.272 e. The van der Waals surface area contributed by atoms with Crippen molar-refractivity contribution < 1.29 is 0 Å². The van der Waals surface area contributed by atoms with Crippen molar-refractivity contribution in [1.82, 2.24) is 25.2 Å². The van der Waals surface area contributed by atoms with Gasteiger partial charge in [-0.15, -0.1) is 0 Å². The zero-order valence-corrected chi connectivity index (χ0v) is 10.9. The molecule has 0 bridgehead atoms. The van der Waals surface area contributed by atoms with Crippen LogP contribution in [-0.4, -0.2) is 19.7 Å². The van der Waals surface area contributed by atoms with Crippen LogP contribution in [0.4, 0.5) is 0 Å². The number of nitrogens with two attached hydrogens (primary N) is 1. The third kappa shape index (κ3) is 2.39. The van der Waals surface area contributed by atoms with E-state index in [-0.39, 0.29) is 6.04 Å². The minimum atomic E-state index is -0.00667. The molecule has 18 heavy (non-hydrogen) atoms. The average Bonchev–Trinajstić information content (AvgIpc) is 2.62. The van der Waals surface area contributed by atoms with Gasteiger partial charge in [-0.1, -0.05) is 0 Å². The van der Waals surface area contributed by atoms with Crippen molar-refractivity contribution in [1.29, 1.82) is 0 Å². The van der Waals surface area contributed by atoms with Gasteiger partial charge in [0.1, 0.15) is 6.33 Å². The Bertz CT molecular complexity index is 519.